The van der Waals surface area contributed by atoms with Gasteiger partial charge in [-0.2, -0.15) is 5.26 Å². The average Bonchev–Trinajstić information content (AvgIpc) is 2.73. The molecule has 0 amide bonds. The lowest BCUT2D eigenvalue weighted by atomic mass is 10.1. The fourth-order valence-corrected chi connectivity index (χ4v) is 2.64. The molecule has 0 fully saturated rings. The second-order valence-corrected chi connectivity index (χ2v) is 4.90. The highest BCUT2D eigenvalue weighted by Crippen LogP contribution is 2.27. The maximum Gasteiger partial charge on any atom is 0.114 e. The van der Waals surface area contributed by atoms with Crippen molar-refractivity contribution in [2.75, 3.05) is 0 Å². The molecule has 0 aliphatic heterocycles. The molecule has 1 aromatic carbocycles. The van der Waals surface area contributed by atoms with E-state index in [4.69, 9.17) is 9.68 Å². The third-order valence-electron chi connectivity index (χ3n) is 2.67. The Morgan fingerprint density at radius 3 is 2.71 bits per heavy atom. The Morgan fingerprint density at radius 1 is 1.29 bits per heavy atom. The van der Waals surface area contributed by atoms with Crippen molar-refractivity contribution in [1.29, 1.82) is 5.26 Å². The number of thioether (sulfide) groups is 1. The van der Waals surface area contributed by atoms with E-state index in [9.17, 15) is 0 Å². The van der Waals surface area contributed by atoms with E-state index in [-0.39, 0.29) is 0 Å². The summed E-state index contributed by atoms with van der Waals surface area (Å²) in [6.07, 6.45) is 1.71. The highest BCUT2D eigenvalue weighted by atomic mass is 32.2. The summed E-state index contributed by atoms with van der Waals surface area (Å²) in [5, 5.41) is 8.80. The molecule has 1 aromatic heterocycles. The monoisotopic (exact) mass is 243 g/mol. The Hall–Kier alpha value is -1.66. The molecular weight excluding hydrogens is 230 g/mol. The first-order valence-corrected chi connectivity index (χ1v) is 6.36. The van der Waals surface area contributed by atoms with Gasteiger partial charge in [0.2, 0.25) is 0 Å². The van der Waals surface area contributed by atoms with E-state index in [1.807, 2.05) is 38.1 Å². The topological polar surface area (TPSA) is 36.9 Å². The maximum absolute atomic E-state index is 8.80. The summed E-state index contributed by atoms with van der Waals surface area (Å²) in [6.45, 7) is 4.01. The minimum atomic E-state index is 0.718. The van der Waals surface area contributed by atoms with Crippen LogP contribution in [0.2, 0.25) is 0 Å². The van der Waals surface area contributed by atoms with Gasteiger partial charge in [-0.1, -0.05) is 6.07 Å². The van der Waals surface area contributed by atoms with Gasteiger partial charge in [-0.05, 0) is 43.2 Å². The molecule has 2 nitrogen and oxygen atoms in total. The van der Waals surface area contributed by atoms with Gasteiger partial charge in [-0.25, -0.2) is 0 Å². The highest BCUT2D eigenvalue weighted by Gasteiger charge is 2.04. The molecule has 2 aromatic rings. The van der Waals surface area contributed by atoms with Crippen LogP contribution in [0.15, 0.2) is 39.8 Å². The third kappa shape index (κ3) is 2.72. The van der Waals surface area contributed by atoms with Crippen LogP contribution in [-0.2, 0) is 5.75 Å². The van der Waals surface area contributed by atoms with Crippen molar-refractivity contribution < 1.29 is 4.42 Å². The molecule has 3 heteroatoms. The first-order valence-electron chi connectivity index (χ1n) is 5.37. The summed E-state index contributed by atoms with van der Waals surface area (Å²) in [5.41, 5.74) is 3.14. The van der Waals surface area contributed by atoms with Crippen LogP contribution >= 0.6 is 11.8 Å². The number of nitriles is 1. The van der Waals surface area contributed by atoms with Crippen molar-refractivity contribution in [2.45, 2.75) is 24.5 Å². The summed E-state index contributed by atoms with van der Waals surface area (Å²) in [4.78, 5) is 1.17. The fourth-order valence-electron chi connectivity index (χ4n) is 1.61. The van der Waals surface area contributed by atoms with Crippen molar-refractivity contribution in [3.8, 4) is 6.07 Å². The summed E-state index contributed by atoms with van der Waals surface area (Å²) in [5.74, 6) is 1.86. The van der Waals surface area contributed by atoms with Crippen molar-refractivity contribution in [3.05, 3.63) is 53.0 Å². The molecule has 0 spiro atoms. The van der Waals surface area contributed by atoms with E-state index in [2.05, 4.69) is 6.07 Å². The van der Waals surface area contributed by atoms with E-state index in [1.54, 1.807) is 18.0 Å². The van der Waals surface area contributed by atoms with Gasteiger partial charge in [0, 0.05) is 10.6 Å². The smallest absolute Gasteiger partial charge is 0.114 e. The SMILES string of the molecule is Cc1cc(C#N)ccc1CSc1ccoc1C. The predicted molar refractivity (Wildman–Crippen MR) is 68.9 cm³/mol. The van der Waals surface area contributed by atoms with Crippen LogP contribution in [-0.4, -0.2) is 0 Å². The molecule has 0 unspecified atom stereocenters. The molecule has 0 N–H and O–H groups in total. The third-order valence-corrected chi connectivity index (χ3v) is 3.86. The summed E-state index contributed by atoms with van der Waals surface area (Å²) < 4.78 is 5.26. The van der Waals surface area contributed by atoms with E-state index in [0.717, 1.165) is 22.6 Å². The number of furan rings is 1. The fraction of sp³-hybridized carbons (Fsp3) is 0.214. The second kappa shape index (κ2) is 5.11. The van der Waals surface area contributed by atoms with Crippen LogP contribution in [0.4, 0.5) is 0 Å². The van der Waals surface area contributed by atoms with Crippen molar-refractivity contribution in [3.63, 3.8) is 0 Å². The zero-order valence-electron chi connectivity index (χ0n) is 9.86. The minimum absolute atomic E-state index is 0.718. The normalized spacial score (nSPS) is 10.2. The Kier molecular flexibility index (Phi) is 3.55. The van der Waals surface area contributed by atoms with Crippen LogP contribution in [0.25, 0.3) is 0 Å². The second-order valence-electron chi connectivity index (χ2n) is 3.88. The number of hydrogen-bond acceptors (Lipinski definition) is 3. The molecule has 1 heterocycles. The Labute approximate surface area is 105 Å². The van der Waals surface area contributed by atoms with Gasteiger partial charge in [0.15, 0.2) is 0 Å². The van der Waals surface area contributed by atoms with Gasteiger partial charge in [0.05, 0.1) is 17.9 Å². The van der Waals surface area contributed by atoms with Crippen LogP contribution in [0, 0.1) is 25.2 Å². The molecule has 0 radical (unpaired) electrons. The summed E-state index contributed by atoms with van der Waals surface area (Å²) in [7, 11) is 0. The van der Waals surface area contributed by atoms with Crippen LogP contribution in [0.1, 0.15) is 22.5 Å². The lowest BCUT2D eigenvalue weighted by Gasteiger charge is -2.05. The van der Waals surface area contributed by atoms with Crippen molar-refractivity contribution in [1.82, 2.24) is 0 Å². The van der Waals surface area contributed by atoms with Gasteiger partial charge in [-0.3, -0.25) is 0 Å². The quantitative estimate of drug-likeness (QED) is 0.763. The summed E-state index contributed by atoms with van der Waals surface area (Å²) in [6, 6.07) is 9.96. The molecule has 0 bridgehead atoms. The molecule has 0 saturated heterocycles. The van der Waals surface area contributed by atoms with Gasteiger partial charge in [-0.15, -0.1) is 11.8 Å². The number of hydrogen-bond donors (Lipinski definition) is 0. The lowest BCUT2D eigenvalue weighted by Crippen LogP contribution is -1.88. The van der Waals surface area contributed by atoms with Crippen molar-refractivity contribution in [2.24, 2.45) is 0 Å². The van der Waals surface area contributed by atoms with Crippen LogP contribution < -0.4 is 0 Å². The Balaban J connectivity index is 2.10. The van der Waals surface area contributed by atoms with E-state index < -0.39 is 0 Å². The first kappa shape index (κ1) is 11.8. The number of aryl methyl sites for hydroxylation is 2. The predicted octanol–water partition coefficient (Wildman–Crippen LogP) is 4.06. The highest BCUT2D eigenvalue weighted by molar-refractivity contribution is 7.98. The molecule has 0 aliphatic rings. The molecule has 0 atom stereocenters. The van der Waals surface area contributed by atoms with E-state index in [1.165, 1.54) is 10.5 Å². The van der Waals surface area contributed by atoms with Gasteiger partial charge in [0.25, 0.3) is 0 Å². The Bertz CT molecular complexity index is 566. The number of rotatable bonds is 3. The zero-order valence-corrected chi connectivity index (χ0v) is 10.7. The van der Waals surface area contributed by atoms with Gasteiger partial charge in [0.1, 0.15) is 5.76 Å². The standard InChI is InChI=1S/C14H13NOS/c1-10-7-12(8-15)3-4-13(10)9-17-14-5-6-16-11(14)2/h3-7H,9H2,1-2H3. The first-order chi connectivity index (χ1) is 8.20. The summed E-state index contributed by atoms with van der Waals surface area (Å²) >= 11 is 1.76. The van der Waals surface area contributed by atoms with Crippen molar-refractivity contribution >= 4 is 11.8 Å². The van der Waals surface area contributed by atoms with E-state index >= 15 is 0 Å². The minimum Gasteiger partial charge on any atom is -0.468 e. The molecule has 0 saturated carbocycles. The van der Waals surface area contributed by atoms with Gasteiger partial charge < -0.3 is 4.42 Å². The molecule has 2 rings (SSSR count). The average molecular weight is 243 g/mol. The molecule has 86 valence electrons. The molecular formula is C14H13NOS. The largest absolute Gasteiger partial charge is 0.468 e. The number of nitrogens with zero attached hydrogens (tertiary/aromatic N) is 1. The maximum atomic E-state index is 8.80. The molecule has 17 heavy (non-hydrogen) atoms. The molecule has 0 aliphatic carbocycles. The zero-order chi connectivity index (χ0) is 12.3. The van der Waals surface area contributed by atoms with Gasteiger partial charge >= 0.3 is 0 Å². The Morgan fingerprint density at radius 2 is 2.12 bits per heavy atom. The van der Waals surface area contributed by atoms with Crippen LogP contribution in [0.5, 0.6) is 0 Å². The lowest BCUT2D eigenvalue weighted by molar-refractivity contribution is 0.527. The van der Waals surface area contributed by atoms with E-state index in [0.29, 0.717) is 0 Å². The van der Waals surface area contributed by atoms with Crippen LogP contribution in [0.3, 0.4) is 0 Å². The number of benzene rings is 1.